The van der Waals surface area contributed by atoms with Crippen molar-refractivity contribution < 1.29 is 38.4 Å². The first-order valence-electron chi connectivity index (χ1n) is 0. The van der Waals surface area contributed by atoms with Gasteiger partial charge >= 0.3 is 51.2 Å². The normalized spacial score (nSPS) is 0. The van der Waals surface area contributed by atoms with Crippen molar-refractivity contribution in [2.45, 2.75) is 0 Å². The number of hydrogen-bond acceptors (Lipinski definition) is 0. The monoisotopic (exact) mass is 176 g/mol. The first-order chi connectivity index (χ1) is 0. The van der Waals surface area contributed by atoms with Crippen molar-refractivity contribution in [3.63, 3.8) is 0 Å². The van der Waals surface area contributed by atoms with Crippen LogP contribution in [0.5, 0.6) is 0 Å². The van der Waals surface area contributed by atoms with E-state index >= 15 is 0 Å². The van der Waals surface area contributed by atoms with Crippen LogP contribution in [0.25, 0.3) is 0 Å². The molecule has 0 saturated carbocycles. The molecule has 0 aromatic carbocycles. The van der Waals surface area contributed by atoms with Crippen LogP contribution in [-0.4, -0.2) is 34.7 Å². The van der Waals surface area contributed by atoms with Gasteiger partial charge in [-0.3, -0.25) is 0 Å². The van der Waals surface area contributed by atoms with Gasteiger partial charge in [0.2, 0.25) is 0 Å². The Balaban J connectivity index is 0. The van der Waals surface area contributed by atoms with Crippen LogP contribution in [-0.2, 0) is 38.4 Å². The van der Waals surface area contributed by atoms with Crippen molar-refractivity contribution in [1.82, 2.24) is 0 Å². The average Bonchev–Trinajstić information content (AvgIpc) is 0. The summed E-state index contributed by atoms with van der Waals surface area (Å²) in [4.78, 5) is 0. The molecule has 4 nitrogen and oxygen atoms in total. The third-order valence-electron chi connectivity index (χ3n) is 0. The maximum atomic E-state index is 0. The van der Waals surface area contributed by atoms with E-state index in [2.05, 4.69) is 0 Å². The Morgan fingerprint density at radius 2 is 0.429 bits per heavy atom. The van der Waals surface area contributed by atoms with E-state index in [4.69, 9.17) is 0 Å². The van der Waals surface area contributed by atoms with Crippen LogP contribution in [0, 0.1) is 0 Å². The molecule has 0 aliphatic rings. The molecule has 0 aromatic rings. The summed E-state index contributed by atoms with van der Waals surface area (Å²) in [6.07, 6.45) is 0. The molecule has 0 unspecified atom stereocenters. The Morgan fingerprint density at radius 3 is 0.429 bits per heavy atom. The van der Waals surface area contributed by atoms with E-state index < -0.39 is 0 Å². The minimum absolute atomic E-state index is 0. The van der Waals surface area contributed by atoms with Crippen LogP contribution in [0.2, 0.25) is 0 Å². The van der Waals surface area contributed by atoms with Crippen LogP contribution in [0.15, 0.2) is 0 Å². The van der Waals surface area contributed by atoms with Gasteiger partial charge in [-0.1, -0.05) is 0 Å². The molecular weight excluding hydrogens is 177 g/mol. The molecule has 0 rings (SSSR count). The maximum absolute atomic E-state index is 0. The fraction of sp³-hybridized carbons (Fsp3) is 0. The van der Waals surface area contributed by atoms with Gasteiger partial charge in [0.05, 0.1) is 0 Å². The van der Waals surface area contributed by atoms with E-state index in [1.807, 2.05) is 0 Å². The van der Waals surface area contributed by atoms with Gasteiger partial charge in [0.1, 0.15) is 0 Å². The summed E-state index contributed by atoms with van der Waals surface area (Å²) >= 11 is 0. The van der Waals surface area contributed by atoms with Crippen molar-refractivity contribution in [2.24, 2.45) is 0 Å². The second-order valence-electron chi connectivity index (χ2n) is 0. The van der Waals surface area contributed by atoms with E-state index in [1.54, 1.807) is 0 Å². The summed E-state index contributed by atoms with van der Waals surface area (Å²) < 4.78 is 0. The predicted molar refractivity (Wildman–Crippen MR) is 14.3 cm³/mol. The summed E-state index contributed by atoms with van der Waals surface area (Å²) in [6, 6.07) is 0. The Labute approximate surface area is 73.1 Å². The number of rotatable bonds is 0. The SMILES string of the molecule is [Al+3].[Al+3].[Ni+2].[O-2].[O-2].[O-2].[O-2]. The van der Waals surface area contributed by atoms with E-state index in [0.29, 0.717) is 0 Å². The zero-order valence-electron chi connectivity index (χ0n) is 3.10. The molecule has 0 fully saturated rings. The van der Waals surface area contributed by atoms with Crippen LogP contribution in [0.1, 0.15) is 0 Å². The minimum atomic E-state index is 0. The van der Waals surface area contributed by atoms with E-state index in [-0.39, 0.29) is 73.1 Å². The Bertz CT molecular complexity index is 9.65. The largest absolute Gasteiger partial charge is 3.00 e. The topological polar surface area (TPSA) is 114 Å². The third-order valence-corrected chi connectivity index (χ3v) is 0. The van der Waals surface area contributed by atoms with Gasteiger partial charge in [-0.25, -0.2) is 0 Å². The standard InChI is InChI=1S/2Al.Ni.4O/q2*+3;+2;4*-2. The van der Waals surface area contributed by atoms with Crippen LogP contribution in [0.3, 0.4) is 0 Å². The van der Waals surface area contributed by atoms with Gasteiger partial charge in [0.15, 0.2) is 0 Å². The number of hydrogen-bond donors (Lipinski definition) is 0. The molecule has 0 aromatic heterocycles. The molecule has 0 bridgehead atoms. The summed E-state index contributed by atoms with van der Waals surface area (Å²) in [5, 5.41) is 0. The smallest absolute Gasteiger partial charge is 2.00 e. The quantitative estimate of drug-likeness (QED) is 0.411. The molecule has 0 amide bonds. The molecule has 40 valence electrons. The van der Waals surface area contributed by atoms with Crippen molar-refractivity contribution in [3.05, 3.63) is 0 Å². The van der Waals surface area contributed by atoms with Crippen molar-refractivity contribution in [3.8, 4) is 0 Å². The first kappa shape index (κ1) is 235. The molecule has 0 heterocycles. The third kappa shape index (κ3) is 110. The second-order valence-corrected chi connectivity index (χ2v) is 0. The molecule has 0 N–H and O–H groups in total. The molecule has 7 heteroatoms. The summed E-state index contributed by atoms with van der Waals surface area (Å²) in [6.45, 7) is 0. The Hall–Kier alpha value is 1.40. The van der Waals surface area contributed by atoms with Gasteiger partial charge in [-0.05, 0) is 0 Å². The fourth-order valence-electron chi connectivity index (χ4n) is 0. The van der Waals surface area contributed by atoms with E-state index in [9.17, 15) is 0 Å². The van der Waals surface area contributed by atoms with Crippen LogP contribution in [0.4, 0.5) is 0 Å². The van der Waals surface area contributed by atoms with E-state index in [1.165, 1.54) is 0 Å². The molecule has 7 heavy (non-hydrogen) atoms. The molecule has 0 spiro atoms. The zero-order valence-corrected chi connectivity index (χ0v) is 6.40. The molecule has 0 saturated heterocycles. The average molecular weight is 177 g/mol. The summed E-state index contributed by atoms with van der Waals surface area (Å²) in [7, 11) is 0. The summed E-state index contributed by atoms with van der Waals surface area (Å²) in [5.74, 6) is 0. The van der Waals surface area contributed by atoms with Crippen molar-refractivity contribution >= 4 is 34.7 Å². The van der Waals surface area contributed by atoms with Crippen molar-refractivity contribution in [2.75, 3.05) is 0 Å². The van der Waals surface area contributed by atoms with Gasteiger partial charge in [0, 0.05) is 0 Å². The second kappa shape index (κ2) is 155. The first-order valence-corrected chi connectivity index (χ1v) is 0. The molecule has 0 atom stereocenters. The maximum Gasteiger partial charge on any atom is 3.00 e. The summed E-state index contributed by atoms with van der Waals surface area (Å²) in [5.41, 5.74) is 0. The Morgan fingerprint density at radius 1 is 0.429 bits per heavy atom. The van der Waals surface area contributed by atoms with Gasteiger partial charge in [0.25, 0.3) is 0 Å². The molecule has 0 aliphatic carbocycles. The van der Waals surface area contributed by atoms with Gasteiger partial charge in [-0.2, -0.15) is 0 Å². The predicted octanol–water partition coefficient (Wildman–Crippen LogP) is -1.24. The van der Waals surface area contributed by atoms with Crippen molar-refractivity contribution in [1.29, 1.82) is 0 Å². The van der Waals surface area contributed by atoms with Crippen LogP contribution < -0.4 is 0 Å². The van der Waals surface area contributed by atoms with Crippen LogP contribution >= 0.6 is 0 Å². The zero-order chi connectivity index (χ0) is 0. The molecule has 0 aliphatic heterocycles. The van der Waals surface area contributed by atoms with E-state index in [0.717, 1.165) is 0 Å². The van der Waals surface area contributed by atoms with Gasteiger partial charge < -0.3 is 21.9 Å². The minimum Gasteiger partial charge on any atom is -2.00 e. The fourth-order valence-corrected chi connectivity index (χ4v) is 0. The van der Waals surface area contributed by atoms with Gasteiger partial charge in [-0.15, -0.1) is 0 Å². The molecular formula is Al2NiO4. The Kier molecular flexibility index (Phi) is 5200. The molecule has 0 radical (unpaired) electrons.